The summed E-state index contributed by atoms with van der Waals surface area (Å²) in [6.07, 6.45) is 1.74. The van der Waals surface area contributed by atoms with E-state index in [1.807, 2.05) is 30.3 Å². The number of benzene rings is 3. The van der Waals surface area contributed by atoms with E-state index in [2.05, 4.69) is 5.10 Å². The number of carbonyl (C=O) groups is 1. The van der Waals surface area contributed by atoms with Gasteiger partial charge in [-0.3, -0.25) is 0 Å². The molecule has 0 unspecified atom stereocenters. The number of hydrogen-bond donors (Lipinski definition) is 0. The Bertz CT molecular complexity index is 1140. The molecule has 1 aromatic heterocycles. The van der Waals surface area contributed by atoms with Gasteiger partial charge in [0.2, 0.25) is 0 Å². The van der Waals surface area contributed by atoms with Gasteiger partial charge in [-0.05, 0) is 48.5 Å². The van der Waals surface area contributed by atoms with Gasteiger partial charge in [-0.15, -0.1) is 0 Å². The van der Waals surface area contributed by atoms with Gasteiger partial charge in [-0.1, -0.05) is 30.3 Å². The van der Waals surface area contributed by atoms with Crippen molar-refractivity contribution in [2.24, 2.45) is 0 Å². The third kappa shape index (κ3) is 4.06. The summed E-state index contributed by atoms with van der Waals surface area (Å²) >= 11 is 0. The van der Waals surface area contributed by atoms with Crippen LogP contribution in [0.15, 0.2) is 85.1 Å². The molecule has 29 heavy (non-hydrogen) atoms. The molecule has 0 aliphatic carbocycles. The number of hydrogen-bond acceptors (Lipinski definition) is 3. The monoisotopic (exact) mass is 390 g/mol. The minimum absolute atomic E-state index is 0.104. The highest BCUT2D eigenvalue weighted by Gasteiger charge is 2.17. The molecule has 6 heteroatoms. The average molecular weight is 390 g/mol. The zero-order valence-electron chi connectivity index (χ0n) is 15.3. The van der Waals surface area contributed by atoms with E-state index in [0.717, 1.165) is 5.69 Å². The molecule has 0 amide bonds. The highest BCUT2D eigenvalue weighted by atomic mass is 19.1. The molecule has 1 heterocycles. The van der Waals surface area contributed by atoms with Crippen LogP contribution in [0.4, 0.5) is 8.78 Å². The van der Waals surface area contributed by atoms with Crippen molar-refractivity contribution in [3.8, 4) is 16.9 Å². The van der Waals surface area contributed by atoms with Gasteiger partial charge in [-0.2, -0.15) is 5.10 Å². The lowest BCUT2D eigenvalue weighted by Crippen LogP contribution is -2.07. The van der Waals surface area contributed by atoms with E-state index in [0.29, 0.717) is 16.8 Å². The quantitative estimate of drug-likeness (QED) is 0.442. The smallest absolute Gasteiger partial charge is 0.341 e. The molecule has 0 radical (unpaired) electrons. The maximum Gasteiger partial charge on any atom is 0.341 e. The largest absolute Gasteiger partial charge is 0.457 e. The number of halogens is 2. The molecule has 0 atom stereocenters. The van der Waals surface area contributed by atoms with Crippen LogP contribution in [0.5, 0.6) is 0 Å². The van der Waals surface area contributed by atoms with Crippen LogP contribution in [-0.2, 0) is 11.3 Å². The Hall–Kier alpha value is -3.80. The van der Waals surface area contributed by atoms with Gasteiger partial charge in [0.25, 0.3) is 0 Å². The summed E-state index contributed by atoms with van der Waals surface area (Å²) in [6.45, 7) is -0.104. The molecular formula is C23H16F2N2O2. The first kappa shape index (κ1) is 18.6. The molecule has 0 aliphatic rings. The Kier molecular flexibility index (Phi) is 5.16. The number of ether oxygens (including phenoxy) is 1. The van der Waals surface area contributed by atoms with Crippen LogP contribution < -0.4 is 0 Å². The van der Waals surface area contributed by atoms with Crippen molar-refractivity contribution < 1.29 is 18.3 Å². The van der Waals surface area contributed by atoms with Crippen molar-refractivity contribution in [1.29, 1.82) is 0 Å². The van der Waals surface area contributed by atoms with E-state index in [4.69, 9.17) is 4.74 Å². The fourth-order valence-electron chi connectivity index (χ4n) is 2.93. The van der Waals surface area contributed by atoms with Crippen LogP contribution in [0.1, 0.15) is 15.9 Å². The summed E-state index contributed by atoms with van der Waals surface area (Å²) in [5, 5.41) is 4.58. The molecular weight excluding hydrogens is 374 g/mol. The third-order valence-corrected chi connectivity index (χ3v) is 4.38. The number of esters is 1. The second kappa shape index (κ2) is 8.06. The summed E-state index contributed by atoms with van der Waals surface area (Å²) in [7, 11) is 0. The first-order valence-corrected chi connectivity index (χ1v) is 8.93. The van der Waals surface area contributed by atoms with Crippen molar-refractivity contribution >= 4 is 5.97 Å². The van der Waals surface area contributed by atoms with Crippen LogP contribution in [-0.4, -0.2) is 15.7 Å². The van der Waals surface area contributed by atoms with E-state index >= 15 is 0 Å². The van der Waals surface area contributed by atoms with Gasteiger partial charge in [0.15, 0.2) is 0 Å². The predicted molar refractivity (Wildman–Crippen MR) is 104 cm³/mol. The standard InChI is InChI=1S/C23H16F2N2O2/c24-18-12-10-16(11-13-18)22-17(14-27(26-22)19-6-2-1-3-7-19)15-29-23(28)20-8-4-5-9-21(20)25/h1-14H,15H2. The van der Waals surface area contributed by atoms with E-state index in [-0.39, 0.29) is 18.0 Å². The van der Waals surface area contributed by atoms with Gasteiger partial charge in [0.05, 0.1) is 16.9 Å². The Morgan fingerprint density at radius 2 is 1.59 bits per heavy atom. The molecule has 4 rings (SSSR count). The van der Waals surface area contributed by atoms with Crippen molar-refractivity contribution in [3.63, 3.8) is 0 Å². The van der Waals surface area contributed by atoms with Crippen molar-refractivity contribution in [2.75, 3.05) is 0 Å². The maximum atomic E-state index is 13.8. The molecule has 144 valence electrons. The highest BCUT2D eigenvalue weighted by Crippen LogP contribution is 2.25. The lowest BCUT2D eigenvalue weighted by Gasteiger charge is -2.06. The number of nitrogens with zero attached hydrogens (tertiary/aromatic N) is 2. The first-order valence-electron chi connectivity index (χ1n) is 8.93. The van der Waals surface area contributed by atoms with Crippen LogP contribution in [0.2, 0.25) is 0 Å². The number of aromatic nitrogens is 2. The SMILES string of the molecule is O=C(OCc1cn(-c2ccccc2)nc1-c1ccc(F)cc1)c1ccccc1F. The number of carbonyl (C=O) groups excluding carboxylic acids is 1. The van der Waals surface area contributed by atoms with Crippen LogP contribution in [0, 0.1) is 11.6 Å². The predicted octanol–water partition coefficient (Wildman–Crippen LogP) is 5.17. The van der Waals surface area contributed by atoms with Crippen molar-refractivity contribution in [3.05, 3.63) is 108 Å². The van der Waals surface area contributed by atoms with E-state index < -0.39 is 11.8 Å². The summed E-state index contributed by atoms with van der Waals surface area (Å²) in [6, 6.07) is 21.0. The second-order valence-electron chi connectivity index (χ2n) is 6.35. The molecule has 0 aliphatic heterocycles. The fraction of sp³-hybridized carbons (Fsp3) is 0.0435. The summed E-state index contributed by atoms with van der Waals surface area (Å²) in [5.74, 6) is -1.76. The van der Waals surface area contributed by atoms with Gasteiger partial charge in [0, 0.05) is 17.3 Å². The normalized spacial score (nSPS) is 10.7. The third-order valence-electron chi connectivity index (χ3n) is 4.38. The maximum absolute atomic E-state index is 13.8. The van der Waals surface area contributed by atoms with E-state index in [1.165, 1.54) is 30.3 Å². The van der Waals surface area contributed by atoms with Gasteiger partial charge in [0.1, 0.15) is 18.2 Å². The first-order chi connectivity index (χ1) is 14.1. The Morgan fingerprint density at radius 1 is 0.897 bits per heavy atom. The zero-order valence-corrected chi connectivity index (χ0v) is 15.3. The van der Waals surface area contributed by atoms with Crippen molar-refractivity contribution in [2.45, 2.75) is 6.61 Å². The average Bonchev–Trinajstić information content (AvgIpc) is 3.18. The van der Waals surface area contributed by atoms with Gasteiger partial charge >= 0.3 is 5.97 Å². The van der Waals surface area contributed by atoms with Crippen LogP contribution in [0.3, 0.4) is 0 Å². The molecule has 0 bridgehead atoms. The summed E-state index contributed by atoms with van der Waals surface area (Å²) in [4.78, 5) is 12.3. The lowest BCUT2D eigenvalue weighted by molar-refractivity contribution is 0.0468. The van der Waals surface area contributed by atoms with Crippen LogP contribution >= 0.6 is 0 Å². The lowest BCUT2D eigenvalue weighted by atomic mass is 10.1. The van der Waals surface area contributed by atoms with Gasteiger partial charge < -0.3 is 4.74 Å². The molecule has 0 N–H and O–H groups in total. The van der Waals surface area contributed by atoms with Gasteiger partial charge in [-0.25, -0.2) is 18.3 Å². The number of para-hydroxylation sites is 1. The minimum atomic E-state index is -0.763. The Balaban J connectivity index is 1.66. The fourth-order valence-corrected chi connectivity index (χ4v) is 2.93. The second-order valence-corrected chi connectivity index (χ2v) is 6.35. The molecule has 0 spiro atoms. The van der Waals surface area contributed by atoms with E-state index in [1.54, 1.807) is 29.1 Å². The Morgan fingerprint density at radius 3 is 2.31 bits per heavy atom. The topological polar surface area (TPSA) is 44.1 Å². The Labute approximate surface area is 166 Å². The van der Waals surface area contributed by atoms with E-state index in [9.17, 15) is 13.6 Å². The molecule has 4 aromatic rings. The molecule has 3 aromatic carbocycles. The summed E-state index contributed by atoms with van der Waals surface area (Å²) in [5.41, 5.74) is 2.53. The molecule has 0 saturated carbocycles. The summed E-state index contributed by atoms with van der Waals surface area (Å²) < 4.78 is 34.1. The van der Waals surface area contributed by atoms with Crippen molar-refractivity contribution in [1.82, 2.24) is 9.78 Å². The minimum Gasteiger partial charge on any atom is -0.457 e. The molecule has 4 nitrogen and oxygen atoms in total. The highest BCUT2D eigenvalue weighted by molar-refractivity contribution is 5.89. The number of rotatable bonds is 5. The van der Waals surface area contributed by atoms with Crippen LogP contribution in [0.25, 0.3) is 16.9 Å². The molecule has 0 saturated heterocycles. The zero-order chi connectivity index (χ0) is 20.2. The molecule has 0 fully saturated rings.